The van der Waals surface area contributed by atoms with Crippen molar-refractivity contribution in [2.24, 2.45) is 5.92 Å². The van der Waals surface area contributed by atoms with E-state index in [1.54, 1.807) is 38.4 Å². The lowest BCUT2D eigenvalue weighted by Gasteiger charge is -2.21. The Balaban J connectivity index is 2.89. The zero-order valence-corrected chi connectivity index (χ0v) is 13.6. The Morgan fingerprint density at radius 2 is 1.77 bits per heavy atom. The molecule has 0 saturated carbocycles. The molecule has 1 aromatic carbocycles. The van der Waals surface area contributed by atoms with E-state index in [9.17, 15) is 14.4 Å². The maximum Gasteiger partial charge on any atom is 0.253 e. The molecule has 2 N–H and O–H groups in total. The van der Waals surface area contributed by atoms with Gasteiger partial charge in [0.05, 0.1) is 0 Å². The molecular weight excluding hydrogens is 282 g/mol. The van der Waals surface area contributed by atoms with Gasteiger partial charge in [0.1, 0.15) is 6.04 Å². The second kappa shape index (κ2) is 7.59. The van der Waals surface area contributed by atoms with Gasteiger partial charge in [-0.05, 0) is 24.1 Å². The molecule has 1 rings (SSSR count). The van der Waals surface area contributed by atoms with Crippen molar-refractivity contribution in [3.05, 3.63) is 29.8 Å². The van der Waals surface area contributed by atoms with Gasteiger partial charge in [0.25, 0.3) is 5.91 Å². The summed E-state index contributed by atoms with van der Waals surface area (Å²) >= 11 is 0. The minimum absolute atomic E-state index is 0.0458. The van der Waals surface area contributed by atoms with Crippen LogP contribution >= 0.6 is 0 Å². The number of rotatable bonds is 5. The van der Waals surface area contributed by atoms with E-state index in [2.05, 4.69) is 10.6 Å². The molecular formula is C16H23N3O3. The Kier molecular flexibility index (Phi) is 6.10. The van der Waals surface area contributed by atoms with Crippen LogP contribution in [0.5, 0.6) is 0 Å². The SMILES string of the molecule is CC(=O)NC(C(=O)Nc1cccc(C(=O)N(C)C)c1)C(C)C. The van der Waals surface area contributed by atoms with Gasteiger partial charge in [0.2, 0.25) is 11.8 Å². The van der Waals surface area contributed by atoms with Crippen LogP contribution in [0.1, 0.15) is 31.1 Å². The van der Waals surface area contributed by atoms with Gasteiger partial charge in [-0.15, -0.1) is 0 Å². The van der Waals surface area contributed by atoms with E-state index in [0.717, 1.165) is 0 Å². The number of carbonyl (C=O) groups is 3. The summed E-state index contributed by atoms with van der Waals surface area (Å²) in [6.07, 6.45) is 0. The summed E-state index contributed by atoms with van der Waals surface area (Å²) in [6.45, 7) is 5.08. The molecule has 120 valence electrons. The van der Waals surface area contributed by atoms with Crippen LogP contribution < -0.4 is 10.6 Å². The first-order chi connectivity index (χ1) is 10.2. The van der Waals surface area contributed by atoms with E-state index in [-0.39, 0.29) is 23.6 Å². The molecule has 22 heavy (non-hydrogen) atoms. The fourth-order valence-corrected chi connectivity index (χ4v) is 1.96. The Morgan fingerprint density at radius 3 is 2.27 bits per heavy atom. The van der Waals surface area contributed by atoms with E-state index < -0.39 is 6.04 Å². The molecule has 0 radical (unpaired) electrons. The van der Waals surface area contributed by atoms with Crippen LogP contribution in [-0.2, 0) is 9.59 Å². The first kappa shape index (κ1) is 17.7. The number of hydrogen-bond acceptors (Lipinski definition) is 3. The van der Waals surface area contributed by atoms with E-state index in [4.69, 9.17) is 0 Å². The highest BCUT2D eigenvalue weighted by Crippen LogP contribution is 2.13. The average molecular weight is 305 g/mol. The van der Waals surface area contributed by atoms with Crippen LogP contribution in [0, 0.1) is 5.92 Å². The van der Waals surface area contributed by atoms with Crippen molar-refractivity contribution in [1.29, 1.82) is 0 Å². The molecule has 1 aromatic rings. The molecule has 0 saturated heterocycles. The monoisotopic (exact) mass is 305 g/mol. The first-order valence-corrected chi connectivity index (χ1v) is 7.12. The molecule has 0 aromatic heterocycles. The summed E-state index contributed by atoms with van der Waals surface area (Å²) < 4.78 is 0. The third-order valence-corrected chi connectivity index (χ3v) is 3.09. The second-order valence-corrected chi connectivity index (χ2v) is 5.69. The van der Waals surface area contributed by atoms with Crippen molar-refractivity contribution in [3.63, 3.8) is 0 Å². The van der Waals surface area contributed by atoms with Crippen molar-refractivity contribution < 1.29 is 14.4 Å². The summed E-state index contributed by atoms with van der Waals surface area (Å²) in [6, 6.07) is 6.09. The van der Waals surface area contributed by atoms with Crippen molar-refractivity contribution in [2.75, 3.05) is 19.4 Å². The molecule has 6 nitrogen and oxygen atoms in total. The summed E-state index contributed by atoms with van der Waals surface area (Å²) in [5.74, 6) is -0.751. The lowest BCUT2D eigenvalue weighted by atomic mass is 10.0. The quantitative estimate of drug-likeness (QED) is 0.865. The minimum atomic E-state index is -0.620. The number of hydrogen-bond donors (Lipinski definition) is 2. The minimum Gasteiger partial charge on any atom is -0.345 e. The summed E-state index contributed by atoms with van der Waals surface area (Å²) in [4.78, 5) is 36.9. The second-order valence-electron chi connectivity index (χ2n) is 5.69. The average Bonchev–Trinajstić information content (AvgIpc) is 2.43. The Hall–Kier alpha value is -2.37. The van der Waals surface area contributed by atoms with E-state index in [1.165, 1.54) is 11.8 Å². The normalized spacial score (nSPS) is 11.7. The lowest BCUT2D eigenvalue weighted by Crippen LogP contribution is -2.46. The van der Waals surface area contributed by atoms with Gasteiger partial charge in [0, 0.05) is 32.3 Å². The fourth-order valence-electron chi connectivity index (χ4n) is 1.96. The zero-order chi connectivity index (χ0) is 16.9. The van der Waals surface area contributed by atoms with Gasteiger partial charge >= 0.3 is 0 Å². The van der Waals surface area contributed by atoms with Crippen LogP contribution in [0.3, 0.4) is 0 Å². The van der Waals surface area contributed by atoms with Gasteiger partial charge in [-0.3, -0.25) is 14.4 Å². The van der Waals surface area contributed by atoms with Crippen molar-refractivity contribution in [1.82, 2.24) is 10.2 Å². The highest BCUT2D eigenvalue weighted by atomic mass is 16.2. The van der Waals surface area contributed by atoms with Crippen LogP contribution in [0.25, 0.3) is 0 Å². The topological polar surface area (TPSA) is 78.5 Å². The first-order valence-electron chi connectivity index (χ1n) is 7.12. The molecule has 0 heterocycles. The molecule has 0 aliphatic carbocycles. The lowest BCUT2D eigenvalue weighted by molar-refractivity contribution is -0.126. The summed E-state index contributed by atoms with van der Waals surface area (Å²) in [7, 11) is 3.33. The van der Waals surface area contributed by atoms with Crippen LogP contribution in [-0.4, -0.2) is 42.8 Å². The van der Waals surface area contributed by atoms with E-state index in [0.29, 0.717) is 11.3 Å². The molecule has 6 heteroatoms. The number of nitrogens with zero attached hydrogens (tertiary/aromatic N) is 1. The Morgan fingerprint density at radius 1 is 1.14 bits per heavy atom. The predicted octanol–water partition coefficient (Wildman–Crippen LogP) is 1.49. The maximum atomic E-state index is 12.3. The van der Waals surface area contributed by atoms with Crippen LogP contribution in [0.2, 0.25) is 0 Å². The summed E-state index contributed by atoms with van der Waals surface area (Å²) in [5, 5.41) is 5.37. The molecule has 0 spiro atoms. The molecule has 0 fully saturated rings. The number of benzene rings is 1. The molecule has 1 atom stereocenters. The van der Waals surface area contributed by atoms with Crippen molar-refractivity contribution >= 4 is 23.4 Å². The van der Waals surface area contributed by atoms with E-state index in [1.807, 2.05) is 13.8 Å². The molecule has 0 aliphatic heterocycles. The number of anilines is 1. The third kappa shape index (κ3) is 4.87. The van der Waals surface area contributed by atoms with E-state index >= 15 is 0 Å². The number of nitrogens with one attached hydrogen (secondary N) is 2. The predicted molar refractivity (Wildman–Crippen MR) is 85.5 cm³/mol. The van der Waals surface area contributed by atoms with Gasteiger partial charge in [-0.2, -0.15) is 0 Å². The van der Waals surface area contributed by atoms with Crippen LogP contribution in [0.15, 0.2) is 24.3 Å². The van der Waals surface area contributed by atoms with Gasteiger partial charge in [-0.25, -0.2) is 0 Å². The summed E-state index contributed by atoms with van der Waals surface area (Å²) in [5.41, 5.74) is 1.01. The molecule has 3 amide bonds. The zero-order valence-electron chi connectivity index (χ0n) is 13.6. The standard InChI is InChI=1S/C16H23N3O3/c1-10(2)14(17-11(3)20)15(21)18-13-8-6-7-12(9-13)16(22)19(4)5/h6-10,14H,1-5H3,(H,17,20)(H,18,21). The van der Waals surface area contributed by atoms with Gasteiger partial charge in [0.15, 0.2) is 0 Å². The van der Waals surface area contributed by atoms with Gasteiger partial charge < -0.3 is 15.5 Å². The number of carbonyl (C=O) groups excluding carboxylic acids is 3. The third-order valence-electron chi connectivity index (χ3n) is 3.09. The molecule has 0 bridgehead atoms. The van der Waals surface area contributed by atoms with Crippen LogP contribution in [0.4, 0.5) is 5.69 Å². The van der Waals surface area contributed by atoms with Crippen molar-refractivity contribution in [3.8, 4) is 0 Å². The van der Waals surface area contributed by atoms with Crippen molar-refractivity contribution in [2.45, 2.75) is 26.8 Å². The fraction of sp³-hybridized carbons (Fsp3) is 0.438. The number of amides is 3. The Labute approximate surface area is 130 Å². The Bertz CT molecular complexity index is 568. The molecule has 0 aliphatic rings. The smallest absolute Gasteiger partial charge is 0.253 e. The maximum absolute atomic E-state index is 12.3. The van der Waals surface area contributed by atoms with Gasteiger partial charge in [-0.1, -0.05) is 19.9 Å². The molecule has 1 unspecified atom stereocenters. The largest absolute Gasteiger partial charge is 0.345 e. The highest BCUT2D eigenvalue weighted by molar-refractivity contribution is 5.99. The highest BCUT2D eigenvalue weighted by Gasteiger charge is 2.23.